The van der Waals surface area contributed by atoms with Crippen molar-refractivity contribution in [2.24, 2.45) is 5.73 Å². The number of hydrogen-bond acceptors (Lipinski definition) is 8. The highest BCUT2D eigenvalue weighted by Gasteiger charge is 2.24. The zero-order valence-corrected chi connectivity index (χ0v) is 20.9. The second kappa shape index (κ2) is 11.0. The van der Waals surface area contributed by atoms with Crippen LogP contribution in [0.4, 0.5) is 26.5 Å². The van der Waals surface area contributed by atoms with Gasteiger partial charge in [-0.2, -0.15) is 0 Å². The number of nitrogens with one attached hydrogen (secondary N) is 3. The van der Waals surface area contributed by atoms with Gasteiger partial charge in [0.25, 0.3) is 5.91 Å². The molecule has 11 nitrogen and oxygen atoms in total. The molecular formula is C24H31FN8O3. The molecule has 0 unspecified atom stereocenters. The van der Waals surface area contributed by atoms with Gasteiger partial charge in [-0.15, -0.1) is 5.10 Å². The van der Waals surface area contributed by atoms with E-state index in [0.29, 0.717) is 17.8 Å². The summed E-state index contributed by atoms with van der Waals surface area (Å²) >= 11 is 0. The predicted octanol–water partition coefficient (Wildman–Crippen LogP) is 3.75. The van der Waals surface area contributed by atoms with Crippen LogP contribution >= 0.6 is 0 Å². The second-order valence-corrected chi connectivity index (χ2v) is 9.20. The highest BCUT2D eigenvalue weighted by Crippen LogP contribution is 2.26. The molecule has 0 aliphatic heterocycles. The Bertz CT molecular complexity index is 1210. The van der Waals surface area contributed by atoms with Crippen molar-refractivity contribution in [2.75, 3.05) is 10.6 Å². The van der Waals surface area contributed by atoms with Crippen LogP contribution < -0.4 is 21.7 Å². The Morgan fingerprint density at radius 3 is 2.58 bits per heavy atom. The first-order valence-electron chi connectivity index (χ1n) is 11.5. The molecule has 0 aliphatic rings. The van der Waals surface area contributed by atoms with Crippen molar-refractivity contribution in [3.63, 3.8) is 0 Å². The zero-order chi connectivity index (χ0) is 26.5. The summed E-state index contributed by atoms with van der Waals surface area (Å²) in [6, 6.07) is 7.35. The van der Waals surface area contributed by atoms with Gasteiger partial charge in [0, 0.05) is 17.8 Å². The molecule has 2 amide bonds. The minimum atomic E-state index is -0.838. The van der Waals surface area contributed by atoms with Crippen LogP contribution in [0.3, 0.4) is 0 Å². The lowest BCUT2D eigenvalue weighted by Crippen LogP contribution is -2.46. The largest absolute Gasteiger partial charge is 0.444 e. The first-order chi connectivity index (χ1) is 17.0. The summed E-state index contributed by atoms with van der Waals surface area (Å²) in [4.78, 5) is 28.5. The fraction of sp³-hybridized carbons (Fsp3) is 0.375. The maximum Gasteiger partial charge on any atom is 0.407 e. The Labute approximate surface area is 208 Å². The third-order valence-electron chi connectivity index (χ3n) is 5.15. The van der Waals surface area contributed by atoms with Crippen LogP contribution in [-0.2, 0) is 4.74 Å². The minimum Gasteiger partial charge on any atom is -0.444 e. The molecule has 5 N–H and O–H groups in total. The molecule has 36 heavy (non-hydrogen) atoms. The van der Waals surface area contributed by atoms with Crippen LogP contribution in [0, 0.1) is 5.82 Å². The monoisotopic (exact) mass is 498 g/mol. The quantitative estimate of drug-likeness (QED) is 0.348. The number of halogens is 1. The molecule has 1 aromatic carbocycles. The van der Waals surface area contributed by atoms with Crippen molar-refractivity contribution in [3.8, 4) is 5.69 Å². The van der Waals surface area contributed by atoms with E-state index < -0.39 is 29.5 Å². The Morgan fingerprint density at radius 1 is 1.22 bits per heavy atom. The number of anilines is 3. The number of pyridine rings is 1. The van der Waals surface area contributed by atoms with Crippen molar-refractivity contribution in [1.29, 1.82) is 0 Å². The van der Waals surface area contributed by atoms with E-state index in [4.69, 9.17) is 10.5 Å². The van der Waals surface area contributed by atoms with E-state index >= 15 is 0 Å². The Balaban J connectivity index is 1.85. The van der Waals surface area contributed by atoms with Crippen LogP contribution in [0.1, 0.15) is 51.4 Å². The number of nitrogens with two attached hydrogens (primary N) is 1. The maximum absolute atomic E-state index is 14.9. The van der Waals surface area contributed by atoms with Gasteiger partial charge in [-0.3, -0.25) is 4.79 Å². The molecule has 3 rings (SSSR count). The number of hydrogen-bond donors (Lipinski definition) is 4. The highest BCUT2D eigenvalue weighted by atomic mass is 19.1. The van der Waals surface area contributed by atoms with E-state index in [0.717, 1.165) is 6.07 Å². The summed E-state index contributed by atoms with van der Waals surface area (Å²) in [7, 11) is 0. The number of ether oxygens (including phenoxy) is 1. The summed E-state index contributed by atoms with van der Waals surface area (Å²) in [6.07, 6.45) is 3.19. The molecule has 12 heteroatoms. The van der Waals surface area contributed by atoms with Gasteiger partial charge in [-0.05, 0) is 58.4 Å². The van der Waals surface area contributed by atoms with Gasteiger partial charge in [0.15, 0.2) is 11.6 Å². The lowest BCUT2D eigenvalue weighted by Gasteiger charge is -2.27. The normalized spacial score (nSPS) is 12.9. The molecule has 192 valence electrons. The van der Waals surface area contributed by atoms with E-state index in [-0.39, 0.29) is 23.2 Å². The molecule has 0 saturated heterocycles. The summed E-state index contributed by atoms with van der Waals surface area (Å²) in [6.45, 7) is 8.96. The molecule has 0 bridgehead atoms. The van der Waals surface area contributed by atoms with Crippen LogP contribution in [0.15, 0.2) is 42.7 Å². The van der Waals surface area contributed by atoms with E-state index in [2.05, 4.69) is 31.2 Å². The van der Waals surface area contributed by atoms with Gasteiger partial charge >= 0.3 is 6.09 Å². The van der Waals surface area contributed by atoms with Crippen LogP contribution in [-0.4, -0.2) is 49.7 Å². The van der Waals surface area contributed by atoms with Crippen LogP contribution in [0.25, 0.3) is 5.69 Å². The number of alkyl carbamates (subject to hydrolysis) is 1. The predicted molar refractivity (Wildman–Crippen MR) is 134 cm³/mol. The Hall–Kier alpha value is -4.22. The number of benzene rings is 1. The summed E-state index contributed by atoms with van der Waals surface area (Å²) in [5.41, 5.74) is 6.01. The van der Waals surface area contributed by atoms with Crippen molar-refractivity contribution >= 4 is 29.3 Å². The molecule has 2 atom stereocenters. The number of aromatic nitrogens is 4. The van der Waals surface area contributed by atoms with E-state index in [9.17, 15) is 14.0 Å². The average Bonchev–Trinajstić information content (AvgIpc) is 3.32. The summed E-state index contributed by atoms with van der Waals surface area (Å²) < 4.78 is 21.8. The number of carbonyl (C=O) groups excluding carboxylic acids is 2. The lowest BCUT2D eigenvalue weighted by molar-refractivity contribution is 0.0503. The van der Waals surface area contributed by atoms with Crippen molar-refractivity contribution < 1.29 is 18.7 Å². The maximum atomic E-state index is 14.9. The lowest BCUT2D eigenvalue weighted by atomic mass is 10.1. The Morgan fingerprint density at radius 2 is 1.97 bits per heavy atom. The standard InChI is InChI=1S/C24H31FN8O3/c1-6-19(14(2)28-23(35)36-24(3,4)5)30-22-18(25)13-17(20(26)34)21(31-22)29-15-8-7-9-16(12-15)33-11-10-27-32-33/h7-14,19H,6H2,1-5H3,(H2,26,34)(H,28,35)(H2,29,30,31)/t14-,19+/m0/s1. The van der Waals surface area contributed by atoms with Gasteiger partial charge in [-0.1, -0.05) is 18.2 Å². The SMILES string of the molecule is CC[C@@H](Nc1nc(Nc2cccc(-n3ccnn3)c2)c(C(N)=O)cc1F)[C@H](C)NC(=O)OC(C)(C)C. The van der Waals surface area contributed by atoms with Crippen LogP contribution in [0.5, 0.6) is 0 Å². The zero-order valence-electron chi connectivity index (χ0n) is 20.9. The molecule has 2 aromatic heterocycles. The molecule has 0 radical (unpaired) electrons. The van der Waals surface area contributed by atoms with Crippen LogP contribution in [0.2, 0.25) is 0 Å². The number of nitrogens with zero attached hydrogens (tertiary/aromatic N) is 4. The summed E-state index contributed by atoms with van der Waals surface area (Å²) in [5.74, 6) is -1.62. The molecule has 3 aromatic rings. The molecule has 2 heterocycles. The third-order valence-corrected chi connectivity index (χ3v) is 5.15. The first kappa shape index (κ1) is 26.4. The number of carbonyl (C=O) groups is 2. The molecule has 0 spiro atoms. The highest BCUT2D eigenvalue weighted by molar-refractivity contribution is 5.98. The van der Waals surface area contributed by atoms with Crippen molar-refractivity contribution in [2.45, 2.75) is 58.7 Å². The molecular weight excluding hydrogens is 467 g/mol. The van der Waals surface area contributed by atoms with Gasteiger partial charge in [0.05, 0.1) is 23.6 Å². The topological polar surface area (TPSA) is 149 Å². The Kier molecular flexibility index (Phi) is 8.07. The van der Waals surface area contributed by atoms with Crippen molar-refractivity contribution in [1.82, 2.24) is 25.3 Å². The third kappa shape index (κ3) is 6.90. The van der Waals surface area contributed by atoms with Crippen molar-refractivity contribution in [3.05, 3.63) is 54.1 Å². The molecule has 0 aliphatic carbocycles. The van der Waals surface area contributed by atoms with E-state index in [1.807, 2.05) is 13.0 Å². The fourth-order valence-electron chi connectivity index (χ4n) is 3.43. The van der Waals surface area contributed by atoms with E-state index in [1.54, 1.807) is 63.0 Å². The number of rotatable bonds is 9. The van der Waals surface area contributed by atoms with Gasteiger partial charge in [0.2, 0.25) is 0 Å². The van der Waals surface area contributed by atoms with Gasteiger partial charge in [0.1, 0.15) is 11.4 Å². The fourth-order valence-corrected chi connectivity index (χ4v) is 3.43. The van der Waals surface area contributed by atoms with Gasteiger partial charge < -0.3 is 26.4 Å². The van der Waals surface area contributed by atoms with Gasteiger partial charge in [-0.25, -0.2) is 18.9 Å². The number of primary amides is 1. The smallest absolute Gasteiger partial charge is 0.407 e. The molecule has 0 fully saturated rings. The number of amides is 2. The summed E-state index contributed by atoms with van der Waals surface area (Å²) in [5, 5.41) is 16.6. The molecule has 0 saturated carbocycles. The minimum absolute atomic E-state index is 0.0738. The first-order valence-corrected chi connectivity index (χ1v) is 11.5. The average molecular weight is 499 g/mol. The van der Waals surface area contributed by atoms with E-state index in [1.165, 1.54) is 0 Å². The second-order valence-electron chi connectivity index (χ2n) is 9.20.